The Morgan fingerprint density at radius 2 is 0.779 bits per heavy atom. The van der Waals surface area contributed by atoms with Crippen LogP contribution in [0.1, 0.15) is 160 Å². The Hall–Kier alpha value is -6.91. The zero-order chi connectivity index (χ0) is 47.2. The topological polar surface area (TPSA) is 88.7 Å². The van der Waals surface area contributed by atoms with Gasteiger partial charge in [-0.3, -0.25) is 0 Å². The maximum absolute atomic E-state index is 12.8. The molecule has 3 heterocycles. The lowest BCUT2D eigenvalue weighted by atomic mass is 10.1. The summed E-state index contributed by atoms with van der Waals surface area (Å²) in [6.07, 6.45) is 27.9. The van der Waals surface area contributed by atoms with Crippen molar-refractivity contribution in [1.29, 1.82) is 0 Å². The predicted octanol–water partition coefficient (Wildman–Crippen LogP) is 10.3. The molecule has 0 saturated carbocycles. The Bertz CT molecular complexity index is 2430. The number of carbonyl (C=O) groups is 2. The minimum atomic E-state index is -0.427. The van der Waals surface area contributed by atoms with E-state index < -0.39 is 11.9 Å². The summed E-state index contributed by atoms with van der Waals surface area (Å²) >= 11 is 0. The number of unbranched alkanes of at least 4 members (excludes halogenated alkanes) is 14. The van der Waals surface area contributed by atoms with Crippen LogP contribution in [0.15, 0.2) is 122 Å². The maximum atomic E-state index is 12.8. The molecule has 2 radical (unpaired) electrons. The van der Waals surface area contributed by atoms with Gasteiger partial charge < -0.3 is 18.9 Å². The van der Waals surface area contributed by atoms with Crippen LogP contribution in [-0.2, 0) is 0 Å². The number of rotatable bonds is 24. The van der Waals surface area contributed by atoms with Gasteiger partial charge in [0.25, 0.3) is 0 Å². The zero-order valence-corrected chi connectivity index (χ0v) is 39.7. The highest BCUT2D eigenvalue weighted by molar-refractivity contribution is 6.32. The van der Waals surface area contributed by atoms with E-state index >= 15 is 0 Å². The first-order valence-electron chi connectivity index (χ1n) is 24.5. The molecule has 0 fully saturated rings. The molecule has 0 bridgehead atoms. The number of benzene rings is 4. The smallest absolute Gasteiger partial charge is 0.494 e. The van der Waals surface area contributed by atoms with Crippen molar-refractivity contribution in [2.45, 2.75) is 117 Å². The third-order valence-corrected chi connectivity index (χ3v) is 11.6. The second-order valence-electron chi connectivity index (χ2n) is 17.2. The lowest BCUT2D eigenvalue weighted by Gasteiger charge is -2.08. The number of esters is 2. The van der Waals surface area contributed by atoms with Gasteiger partial charge in [-0.1, -0.05) is 127 Å². The van der Waals surface area contributed by atoms with E-state index in [1.807, 2.05) is 107 Å². The van der Waals surface area contributed by atoms with Crippen LogP contribution in [0.3, 0.4) is 0 Å². The van der Waals surface area contributed by atoms with Crippen molar-refractivity contribution in [3.8, 4) is 46.7 Å². The van der Waals surface area contributed by atoms with Crippen molar-refractivity contribution in [3.63, 3.8) is 0 Å². The first-order chi connectivity index (χ1) is 33.4. The highest BCUT2D eigenvalue weighted by Crippen LogP contribution is 2.20. The minimum Gasteiger partial charge on any atom is -0.494 e. The summed E-state index contributed by atoms with van der Waals surface area (Å²) in [6, 6.07) is 28.5. The second-order valence-corrected chi connectivity index (χ2v) is 17.2. The van der Waals surface area contributed by atoms with E-state index in [9.17, 15) is 9.59 Å². The Labute approximate surface area is 404 Å². The maximum Gasteiger partial charge on any atom is 1.04 e. The number of carbonyl (C=O) groups excluding carboxylic acids is 2. The molecular weight excluding hydrogens is 846 g/mol. The lowest BCUT2D eigenvalue weighted by molar-refractivity contribution is -0.742. The van der Waals surface area contributed by atoms with Crippen LogP contribution in [-0.4, -0.2) is 49.4 Å². The predicted molar refractivity (Wildman–Crippen MR) is 266 cm³/mol. The molecule has 0 saturated heterocycles. The van der Waals surface area contributed by atoms with Crippen molar-refractivity contribution in [2.75, 3.05) is 13.2 Å². The largest absolute Gasteiger partial charge is 1.04 e. The van der Waals surface area contributed by atoms with Crippen molar-refractivity contribution >= 4 is 27.0 Å². The molecule has 12 heteroatoms. The van der Waals surface area contributed by atoms with E-state index in [1.165, 1.54) is 89.9 Å². The van der Waals surface area contributed by atoms with Gasteiger partial charge in [-0.2, -0.15) is 9.19 Å². The average molecular weight is 909 g/mol. The van der Waals surface area contributed by atoms with Crippen molar-refractivity contribution in [1.82, 2.24) is 9.19 Å². The summed E-state index contributed by atoms with van der Waals surface area (Å²) in [5, 5.41) is 0. The van der Waals surface area contributed by atoms with Crippen LogP contribution in [0.5, 0.6) is 23.0 Å². The number of nitrogens with zero attached hydrogens (tertiary/aromatic N) is 4. The van der Waals surface area contributed by atoms with Crippen LogP contribution < -0.4 is 28.1 Å². The number of fused-ring (bicyclic) bond motifs is 2. The number of ether oxygens (including phenoxy) is 4. The fourth-order valence-electron chi connectivity index (χ4n) is 7.71. The number of aromatic nitrogens is 4. The summed E-state index contributed by atoms with van der Waals surface area (Å²) in [5.41, 5.74) is 4.16. The molecule has 0 unspecified atom stereocenters. The molecule has 0 aliphatic carbocycles. The van der Waals surface area contributed by atoms with Crippen molar-refractivity contribution in [2.24, 2.45) is 0 Å². The van der Waals surface area contributed by atoms with Crippen LogP contribution in [0.25, 0.3) is 0 Å². The molecule has 10 nitrogen and oxygen atoms in total. The van der Waals surface area contributed by atoms with Crippen LogP contribution >= 0.6 is 0 Å². The number of hydrogen-bond donors (Lipinski definition) is 0. The van der Waals surface area contributed by atoms with E-state index in [0.29, 0.717) is 35.8 Å². The second kappa shape index (κ2) is 26.4. The fraction of sp³-hybridized carbons (Fsp3) is 0.357. The van der Waals surface area contributed by atoms with Crippen LogP contribution in [0.2, 0.25) is 0 Å². The summed E-state index contributed by atoms with van der Waals surface area (Å²) < 4.78 is 30.7. The van der Waals surface area contributed by atoms with Gasteiger partial charge in [0.15, 0.2) is 12.4 Å². The van der Waals surface area contributed by atoms with E-state index in [0.717, 1.165) is 46.6 Å². The van der Waals surface area contributed by atoms with Gasteiger partial charge in [-0.25, -0.2) is 9.59 Å². The van der Waals surface area contributed by atoms with E-state index in [1.54, 1.807) is 48.5 Å². The first-order valence-corrected chi connectivity index (χ1v) is 24.5. The van der Waals surface area contributed by atoms with Gasteiger partial charge in [0, 0.05) is 11.1 Å². The summed E-state index contributed by atoms with van der Waals surface area (Å²) in [7, 11) is 3.86. The molecule has 6 aromatic rings. The molecule has 7 rings (SSSR count). The minimum absolute atomic E-state index is 0.427. The third-order valence-electron chi connectivity index (χ3n) is 11.6. The Morgan fingerprint density at radius 3 is 1.16 bits per heavy atom. The van der Waals surface area contributed by atoms with Gasteiger partial charge in [-0.15, -0.1) is 9.19 Å². The summed E-state index contributed by atoms with van der Waals surface area (Å²) in [6.45, 7) is 5.84. The van der Waals surface area contributed by atoms with Crippen molar-refractivity contribution in [3.05, 3.63) is 155 Å². The van der Waals surface area contributed by atoms with Crippen molar-refractivity contribution < 1.29 is 37.7 Å². The highest BCUT2D eigenvalue weighted by atomic mass is 16.5. The van der Waals surface area contributed by atoms with Gasteiger partial charge >= 0.3 is 27.0 Å². The third kappa shape index (κ3) is 15.6. The first kappa shape index (κ1) is 49.0. The number of hydrogen-bond acceptors (Lipinski definition) is 6. The monoisotopic (exact) mass is 908 g/mol. The van der Waals surface area contributed by atoms with Gasteiger partial charge in [0.1, 0.15) is 34.1 Å². The molecule has 1 aliphatic rings. The van der Waals surface area contributed by atoms with E-state index in [4.69, 9.17) is 18.9 Å². The van der Waals surface area contributed by atoms with E-state index in [-0.39, 0.29) is 0 Å². The Morgan fingerprint density at radius 1 is 0.441 bits per heavy atom. The highest BCUT2D eigenvalue weighted by Gasteiger charge is 2.40. The average Bonchev–Trinajstić information content (AvgIpc) is 3.96. The van der Waals surface area contributed by atoms with E-state index in [2.05, 4.69) is 37.5 Å². The quantitative estimate of drug-likeness (QED) is 0.0197. The fourth-order valence-corrected chi connectivity index (χ4v) is 7.71. The molecule has 2 aromatic heterocycles. The Kier molecular flexibility index (Phi) is 19.1. The van der Waals surface area contributed by atoms with Gasteiger partial charge in [-0.05, 0) is 110 Å². The molecular formula is C56H62B2N4O6+2. The molecule has 0 amide bonds. The molecule has 68 heavy (non-hydrogen) atoms. The molecule has 1 aliphatic heterocycles. The zero-order valence-electron chi connectivity index (χ0n) is 39.7. The summed E-state index contributed by atoms with van der Waals surface area (Å²) in [4.78, 5) is 25.6. The normalized spacial score (nSPS) is 11.1. The lowest BCUT2D eigenvalue weighted by Crippen LogP contribution is -2.72. The standard InChI is InChI=1S/C56H62B2N4O6/c1-3-5-7-9-11-13-15-17-39-65-51-35-27-49(28-36-51)55(63)67-53-31-23-45(24-32-53)19-21-47-41-59-57-61-43-48(44-62(61)58-60(59)42-47)22-20-46-25-33-54(34-26-46)68-56(64)50-29-37-52(38-30-50)66-40-18-16-14-12-10-8-6-4-2/h23-38,41-44H,3-18,39-40H2,1-2H3/q+2. The Balaban J connectivity index is 0.813. The van der Waals surface area contributed by atoms with Gasteiger partial charge in [0.05, 0.1) is 36.7 Å². The molecule has 0 atom stereocenters. The van der Waals surface area contributed by atoms with Crippen LogP contribution in [0, 0.1) is 23.7 Å². The molecule has 0 N–H and O–H groups in total. The SMILES string of the molecule is CCCCCCCCCCOc1ccc(C(=O)Oc2ccc(C#Cc3cn4[n+](c3)[B][n+]3cc(C#Cc5ccc(OC(=O)c6ccc(OCCCCCCCCCC)cc6)cc5)cn3[B]4)cc2)cc1. The van der Waals surface area contributed by atoms with Gasteiger partial charge in [0.2, 0.25) is 0 Å². The molecule has 4 aromatic carbocycles. The molecule has 0 spiro atoms. The van der Waals surface area contributed by atoms with Crippen LogP contribution in [0.4, 0.5) is 0 Å². The summed E-state index contributed by atoms with van der Waals surface area (Å²) in [5.74, 6) is 14.4. The molecule has 346 valence electrons.